The van der Waals surface area contributed by atoms with Crippen LogP contribution in [-0.2, 0) is 9.53 Å². The first-order valence-corrected chi connectivity index (χ1v) is 10.4. The molecule has 1 unspecified atom stereocenters. The minimum Gasteiger partial charge on any atom is -0.461 e. The van der Waals surface area contributed by atoms with E-state index >= 15 is 0 Å². The molecular weight excluding hydrogens is 332 g/mol. The third-order valence-electron chi connectivity index (χ3n) is 4.67. The summed E-state index contributed by atoms with van der Waals surface area (Å²) in [5.74, 6) is 0.136. The lowest BCUT2D eigenvalue weighted by atomic mass is 9.91. The molecule has 0 amide bonds. The van der Waals surface area contributed by atoms with Crippen molar-refractivity contribution in [3.8, 4) is 0 Å². The van der Waals surface area contributed by atoms with Gasteiger partial charge in [0.2, 0.25) is 0 Å². The molecule has 0 saturated heterocycles. The SMILES string of the molecule is CC(C)=CCCC(C)=CCOC(=O)C(CC=C(C)CCC=C(C)C)C(C)C. The summed E-state index contributed by atoms with van der Waals surface area (Å²) in [6.45, 7) is 17.3. The van der Waals surface area contributed by atoms with E-state index < -0.39 is 0 Å². The van der Waals surface area contributed by atoms with Gasteiger partial charge in [-0.1, -0.05) is 54.4 Å². The molecule has 0 aliphatic heterocycles. The number of esters is 1. The second-order valence-electron chi connectivity index (χ2n) is 8.46. The van der Waals surface area contributed by atoms with Crippen LogP contribution >= 0.6 is 0 Å². The molecule has 0 aromatic carbocycles. The number of carbonyl (C=O) groups is 1. The topological polar surface area (TPSA) is 26.3 Å². The van der Waals surface area contributed by atoms with Crippen LogP contribution in [0.4, 0.5) is 0 Å². The van der Waals surface area contributed by atoms with Gasteiger partial charge in [-0.15, -0.1) is 0 Å². The minimum atomic E-state index is -0.0771. The van der Waals surface area contributed by atoms with Gasteiger partial charge in [0.05, 0.1) is 5.92 Å². The van der Waals surface area contributed by atoms with Crippen LogP contribution in [0, 0.1) is 11.8 Å². The number of allylic oxidation sites excluding steroid dienone is 7. The van der Waals surface area contributed by atoms with Gasteiger partial charge in [-0.2, -0.15) is 0 Å². The summed E-state index contributed by atoms with van der Waals surface area (Å²) in [4.78, 5) is 12.5. The molecule has 0 rings (SSSR count). The molecule has 0 aromatic heterocycles. The zero-order valence-electron chi connectivity index (χ0n) is 19.0. The second kappa shape index (κ2) is 14.5. The summed E-state index contributed by atoms with van der Waals surface area (Å²) < 4.78 is 5.54. The van der Waals surface area contributed by atoms with Crippen LogP contribution < -0.4 is 0 Å². The van der Waals surface area contributed by atoms with Crippen LogP contribution in [0.3, 0.4) is 0 Å². The van der Waals surface area contributed by atoms with E-state index in [-0.39, 0.29) is 17.8 Å². The highest BCUT2D eigenvalue weighted by molar-refractivity contribution is 5.73. The van der Waals surface area contributed by atoms with Crippen LogP contribution in [0.5, 0.6) is 0 Å². The molecule has 1 atom stereocenters. The van der Waals surface area contributed by atoms with Crippen LogP contribution in [0.25, 0.3) is 0 Å². The van der Waals surface area contributed by atoms with Crippen LogP contribution in [0.1, 0.15) is 87.5 Å². The Morgan fingerprint density at radius 2 is 1.26 bits per heavy atom. The summed E-state index contributed by atoms with van der Waals surface area (Å²) in [5, 5.41) is 0. The number of hydrogen-bond donors (Lipinski definition) is 0. The van der Waals surface area contributed by atoms with E-state index in [0.717, 1.165) is 32.1 Å². The molecule has 0 aliphatic rings. The van der Waals surface area contributed by atoms with Crippen molar-refractivity contribution >= 4 is 5.97 Å². The number of ether oxygens (including phenoxy) is 1. The second-order valence-corrected chi connectivity index (χ2v) is 8.46. The molecule has 0 fully saturated rings. The van der Waals surface area contributed by atoms with Crippen molar-refractivity contribution in [2.24, 2.45) is 11.8 Å². The van der Waals surface area contributed by atoms with Gasteiger partial charge in [0.1, 0.15) is 6.61 Å². The number of hydrogen-bond acceptors (Lipinski definition) is 2. The third kappa shape index (κ3) is 14.2. The molecule has 0 radical (unpaired) electrons. The summed E-state index contributed by atoms with van der Waals surface area (Å²) in [6.07, 6.45) is 13.7. The van der Waals surface area contributed by atoms with E-state index in [1.807, 2.05) is 6.08 Å². The Bertz CT molecular complexity index is 551. The summed E-state index contributed by atoms with van der Waals surface area (Å²) >= 11 is 0. The zero-order valence-corrected chi connectivity index (χ0v) is 19.0. The standard InChI is InChI=1S/C25H42O2/c1-19(2)11-9-13-22(7)15-16-24(21(5)6)25(26)27-18-17-23(8)14-10-12-20(3)4/h11-12,15,17,21,24H,9-10,13-14,16,18H2,1-8H3. The minimum absolute atomic E-state index is 0.0669. The van der Waals surface area contributed by atoms with Crippen LogP contribution in [0.15, 0.2) is 46.6 Å². The molecule has 154 valence electrons. The van der Waals surface area contributed by atoms with Gasteiger partial charge >= 0.3 is 5.97 Å². The van der Waals surface area contributed by atoms with Crippen molar-refractivity contribution in [3.63, 3.8) is 0 Å². The Hall–Kier alpha value is -1.57. The highest BCUT2D eigenvalue weighted by Gasteiger charge is 2.22. The maximum absolute atomic E-state index is 12.5. The lowest BCUT2D eigenvalue weighted by Gasteiger charge is -2.18. The summed E-state index contributed by atoms with van der Waals surface area (Å²) in [7, 11) is 0. The molecular formula is C25H42O2. The van der Waals surface area contributed by atoms with E-state index in [1.54, 1.807) is 0 Å². The maximum Gasteiger partial charge on any atom is 0.309 e. The average molecular weight is 375 g/mol. The van der Waals surface area contributed by atoms with Gasteiger partial charge in [-0.05, 0) is 85.6 Å². The van der Waals surface area contributed by atoms with Crippen LogP contribution in [-0.4, -0.2) is 12.6 Å². The quantitative estimate of drug-likeness (QED) is 0.260. The maximum atomic E-state index is 12.5. The first-order valence-electron chi connectivity index (χ1n) is 10.4. The fourth-order valence-electron chi connectivity index (χ4n) is 2.72. The summed E-state index contributed by atoms with van der Waals surface area (Å²) in [6, 6.07) is 0. The Balaban J connectivity index is 4.50. The van der Waals surface area contributed by atoms with Crippen molar-refractivity contribution in [1.29, 1.82) is 0 Å². The lowest BCUT2D eigenvalue weighted by molar-refractivity contribution is -0.148. The highest BCUT2D eigenvalue weighted by atomic mass is 16.5. The highest BCUT2D eigenvalue weighted by Crippen LogP contribution is 2.20. The number of rotatable bonds is 12. The Kier molecular flexibility index (Phi) is 13.6. The van der Waals surface area contributed by atoms with Crippen molar-refractivity contribution in [3.05, 3.63) is 46.6 Å². The average Bonchev–Trinajstić information content (AvgIpc) is 2.53. The summed E-state index contributed by atoms with van der Waals surface area (Å²) in [5.41, 5.74) is 5.33. The molecule has 0 saturated carbocycles. The Morgan fingerprint density at radius 1 is 0.778 bits per heavy atom. The molecule has 0 spiro atoms. The largest absolute Gasteiger partial charge is 0.461 e. The lowest BCUT2D eigenvalue weighted by Crippen LogP contribution is -2.22. The van der Waals surface area contributed by atoms with E-state index in [0.29, 0.717) is 6.61 Å². The molecule has 27 heavy (non-hydrogen) atoms. The molecule has 2 heteroatoms. The fraction of sp³-hybridized carbons (Fsp3) is 0.640. The van der Waals surface area contributed by atoms with Crippen molar-refractivity contribution in [2.75, 3.05) is 6.61 Å². The third-order valence-corrected chi connectivity index (χ3v) is 4.67. The van der Waals surface area contributed by atoms with E-state index in [9.17, 15) is 4.79 Å². The van der Waals surface area contributed by atoms with Gasteiger partial charge in [-0.3, -0.25) is 4.79 Å². The number of carbonyl (C=O) groups excluding carboxylic acids is 1. The monoisotopic (exact) mass is 374 g/mol. The van der Waals surface area contributed by atoms with Gasteiger partial charge in [-0.25, -0.2) is 0 Å². The van der Waals surface area contributed by atoms with Crippen molar-refractivity contribution in [1.82, 2.24) is 0 Å². The van der Waals surface area contributed by atoms with Crippen molar-refractivity contribution < 1.29 is 9.53 Å². The van der Waals surface area contributed by atoms with Gasteiger partial charge < -0.3 is 4.74 Å². The van der Waals surface area contributed by atoms with Crippen LogP contribution in [0.2, 0.25) is 0 Å². The Morgan fingerprint density at radius 3 is 1.70 bits per heavy atom. The molecule has 0 aromatic rings. The van der Waals surface area contributed by atoms with E-state index in [4.69, 9.17) is 4.74 Å². The molecule has 0 heterocycles. The van der Waals surface area contributed by atoms with Crippen molar-refractivity contribution in [2.45, 2.75) is 87.5 Å². The predicted molar refractivity (Wildman–Crippen MR) is 119 cm³/mol. The van der Waals surface area contributed by atoms with Gasteiger partial charge in [0.25, 0.3) is 0 Å². The molecule has 0 aliphatic carbocycles. The van der Waals surface area contributed by atoms with E-state index in [2.05, 4.69) is 73.6 Å². The molecule has 0 bridgehead atoms. The molecule has 2 nitrogen and oxygen atoms in total. The van der Waals surface area contributed by atoms with Gasteiger partial charge in [0.15, 0.2) is 0 Å². The fourth-order valence-corrected chi connectivity index (χ4v) is 2.72. The first-order chi connectivity index (χ1) is 12.6. The Labute approximate surface area is 168 Å². The normalized spacial score (nSPS) is 13.4. The smallest absolute Gasteiger partial charge is 0.309 e. The predicted octanol–water partition coefficient (Wildman–Crippen LogP) is 7.58. The van der Waals surface area contributed by atoms with Gasteiger partial charge in [0, 0.05) is 0 Å². The molecule has 0 N–H and O–H groups in total. The first kappa shape index (κ1) is 25.4. The van der Waals surface area contributed by atoms with E-state index in [1.165, 1.54) is 22.3 Å². The zero-order chi connectivity index (χ0) is 20.8.